The molecule has 0 N–H and O–H groups in total. The van der Waals surface area contributed by atoms with Crippen molar-refractivity contribution in [1.29, 1.82) is 0 Å². The first-order chi connectivity index (χ1) is 15.5. The molecule has 9 heteroatoms. The molecule has 2 aromatic carbocycles. The Bertz CT molecular complexity index is 1200. The lowest BCUT2D eigenvalue weighted by Gasteiger charge is -2.07. The van der Waals surface area contributed by atoms with E-state index in [-0.39, 0.29) is 12.1 Å². The second kappa shape index (κ2) is 10.4. The number of aromatic nitrogens is 1. The van der Waals surface area contributed by atoms with Crippen LogP contribution in [-0.2, 0) is 9.47 Å². The van der Waals surface area contributed by atoms with Gasteiger partial charge in [-0.05, 0) is 48.7 Å². The predicted molar refractivity (Wildman–Crippen MR) is 128 cm³/mol. The van der Waals surface area contributed by atoms with Crippen molar-refractivity contribution in [2.45, 2.75) is 18.9 Å². The van der Waals surface area contributed by atoms with Crippen LogP contribution >= 0.6 is 34.5 Å². The molecule has 0 saturated carbocycles. The smallest absolute Gasteiger partial charge is 0.337 e. The average Bonchev–Trinajstić information content (AvgIpc) is 3.46. The molecule has 166 valence electrons. The maximum absolute atomic E-state index is 11.6. The minimum absolute atomic E-state index is 0.142. The van der Waals surface area contributed by atoms with Crippen molar-refractivity contribution in [2.75, 3.05) is 20.3 Å². The molecule has 1 saturated heterocycles. The van der Waals surface area contributed by atoms with Crippen LogP contribution < -0.4 is 4.80 Å². The standard InChI is InChI=1S/C23H21Cl2N3O3S/c1-30-22(29)16-6-4-15(5-7-16)12-27-28-21(19-9-8-17(24)11-20(19)25)14-32-23(28)26-13-18-3-2-10-31-18/h4-9,11-12,14,18H,2-3,10,13H2,1H3/b26-23?,27-12+. The molecule has 0 spiro atoms. The Morgan fingerprint density at radius 2 is 2.09 bits per heavy atom. The van der Waals surface area contributed by atoms with Gasteiger partial charge in [0.1, 0.15) is 0 Å². The van der Waals surface area contributed by atoms with Gasteiger partial charge in [0.15, 0.2) is 0 Å². The normalized spacial score (nSPS) is 16.7. The van der Waals surface area contributed by atoms with Crippen LogP contribution in [0.4, 0.5) is 0 Å². The summed E-state index contributed by atoms with van der Waals surface area (Å²) in [6.07, 6.45) is 3.94. The molecular weight excluding hydrogens is 469 g/mol. The zero-order valence-corrected chi connectivity index (χ0v) is 19.7. The Labute approximate surface area is 199 Å². The predicted octanol–water partition coefficient (Wildman–Crippen LogP) is 5.27. The Hall–Kier alpha value is -2.45. The third-order valence-electron chi connectivity index (χ3n) is 5.00. The van der Waals surface area contributed by atoms with Crippen LogP contribution in [0.5, 0.6) is 0 Å². The van der Waals surface area contributed by atoms with E-state index >= 15 is 0 Å². The Kier molecular flexibility index (Phi) is 7.42. The van der Waals surface area contributed by atoms with E-state index in [1.165, 1.54) is 18.4 Å². The number of hydrogen-bond donors (Lipinski definition) is 0. The van der Waals surface area contributed by atoms with Crippen LogP contribution in [0, 0.1) is 0 Å². The van der Waals surface area contributed by atoms with E-state index in [2.05, 4.69) is 5.10 Å². The highest BCUT2D eigenvalue weighted by Gasteiger charge is 2.16. The molecule has 1 unspecified atom stereocenters. The quantitative estimate of drug-likeness (QED) is 0.349. The van der Waals surface area contributed by atoms with E-state index in [9.17, 15) is 4.79 Å². The number of benzene rings is 2. The Morgan fingerprint density at radius 3 is 2.78 bits per heavy atom. The van der Waals surface area contributed by atoms with Crippen molar-refractivity contribution in [3.8, 4) is 11.3 Å². The van der Waals surface area contributed by atoms with Crippen LogP contribution in [0.1, 0.15) is 28.8 Å². The molecule has 1 aromatic heterocycles. The van der Waals surface area contributed by atoms with Gasteiger partial charge in [0.2, 0.25) is 4.80 Å². The fourth-order valence-corrected chi connectivity index (χ4v) is 4.66. The molecule has 0 bridgehead atoms. The van der Waals surface area contributed by atoms with E-state index in [1.54, 1.807) is 47.3 Å². The molecule has 3 aromatic rings. The second-order valence-corrected chi connectivity index (χ2v) is 8.85. The topological polar surface area (TPSA) is 65.2 Å². The summed E-state index contributed by atoms with van der Waals surface area (Å²) < 4.78 is 12.2. The summed E-state index contributed by atoms with van der Waals surface area (Å²) in [5, 5.41) is 7.75. The van der Waals surface area contributed by atoms with Gasteiger partial charge in [0.05, 0.1) is 42.3 Å². The van der Waals surface area contributed by atoms with E-state index in [1.807, 2.05) is 11.4 Å². The van der Waals surface area contributed by atoms with Crippen molar-refractivity contribution >= 4 is 46.7 Å². The highest BCUT2D eigenvalue weighted by Crippen LogP contribution is 2.30. The molecule has 0 radical (unpaired) electrons. The lowest BCUT2D eigenvalue weighted by atomic mass is 10.1. The third-order valence-corrected chi connectivity index (χ3v) is 6.40. The zero-order valence-electron chi connectivity index (χ0n) is 17.3. The molecule has 2 heterocycles. The molecule has 1 atom stereocenters. The van der Waals surface area contributed by atoms with Gasteiger partial charge in [-0.15, -0.1) is 11.3 Å². The fourth-order valence-electron chi connectivity index (χ4n) is 3.32. The summed E-state index contributed by atoms with van der Waals surface area (Å²) in [4.78, 5) is 17.1. The summed E-state index contributed by atoms with van der Waals surface area (Å²) in [5.74, 6) is -0.379. The number of esters is 1. The molecular formula is C23H21Cl2N3O3S. The number of carbonyl (C=O) groups is 1. The molecule has 6 nitrogen and oxygen atoms in total. The molecule has 1 aliphatic heterocycles. The highest BCUT2D eigenvalue weighted by atomic mass is 35.5. The van der Waals surface area contributed by atoms with Gasteiger partial charge < -0.3 is 9.47 Å². The van der Waals surface area contributed by atoms with Crippen molar-refractivity contribution < 1.29 is 14.3 Å². The fraction of sp³-hybridized carbons (Fsp3) is 0.261. The van der Waals surface area contributed by atoms with Crippen LogP contribution in [0.15, 0.2) is 57.9 Å². The first-order valence-electron chi connectivity index (χ1n) is 10.1. The van der Waals surface area contributed by atoms with E-state index in [0.717, 1.165) is 41.1 Å². The molecule has 0 amide bonds. The van der Waals surface area contributed by atoms with Crippen molar-refractivity contribution in [3.63, 3.8) is 0 Å². The van der Waals surface area contributed by atoms with Crippen LogP contribution in [0.25, 0.3) is 11.3 Å². The maximum atomic E-state index is 11.6. The van der Waals surface area contributed by atoms with Crippen molar-refractivity contribution in [2.24, 2.45) is 10.1 Å². The monoisotopic (exact) mass is 489 g/mol. The lowest BCUT2D eigenvalue weighted by molar-refractivity contribution is 0.0600. The van der Waals surface area contributed by atoms with Gasteiger partial charge in [-0.3, -0.25) is 4.99 Å². The summed E-state index contributed by atoms with van der Waals surface area (Å²) >= 11 is 14.0. The number of nitrogens with zero attached hydrogens (tertiary/aromatic N) is 3. The number of thiazole rings is 1. The summed E-state index contributed by atoms with van der Waals surface area (Å²) in [6, 6.07) is 12.4. The zero-order chi connectivity index (χ0) is 22.5. The second-order valence-electron chi connectivity index (χ2n) is 7.17. The molecule has 4 rings (SSSR count). The number of carbonyl (C=O) groups excluding carboxylic acids is 1. The van der Waals surface area contributed by atoms with Gasteiger partial charge >= 0.3 is 5.97 Å². The van der Waals surface area contributed by atoms with E-state index in [0.29, 0.717) is 22.2 Å². The average molecular weight is 490 g/mol. The highest BCUT2D eigenvalue weighted by molar-refractivity contribution is 7.07. The Balaban J connectivity index is 1.70. The lowest BCUT2D eigenvalue weighted by Crippen LogP contribution is -2.17. The minimum Gasteiger partial charge on any atom is -0.465 e. The largest absolute Gasteiger partial charge is 0.465 e. The van der Waals surface area contributed by atoms with Crippen LogP contribution in [0.2, 0.25) is 10.0 Å². The number of ether oxygens (including phenoxy) is 2. The number of halogens is 2. The maximum Gasteiger partial charge on any atom is 0.337 e. The van der Waals surface area contributed by atoms with Gasteiger partial charge in [0.25, 0.3) is 0 Å². The van der Waals surface area contributed by atoms with Crippen LogP contribution in [-0.4, -0.2) is 43.2 Å². The van der Waals surface area contributed by atoms with Gasteiger partial charge in [-0.2, -0.15) is 5.10 Å². The number of hydrogen-bond acceptors (Lipinski definition) is 6. The van der Waals surface area contributed by atoms with Gasteiger partial charge in [-0.25, -0.2) is 9.47 Å². The van der Waals surface area contributed by atoms with Crippen LogP contribution in [0.3, 0.4) is 0 Å². The van der Waals surface area contributed by atoms with Gasteiger partial charge in [-0.1, -0.05) is 35.3 Å². The summed E-state index contributed by atoms with van der Waals surface area (Å²) in [6.45, 7) is 1.37. The summed E-state index contributed by atoms with van der Waals surface area (Å²) in [5.41, 5.74) is 2.93. The first kappa shape index (κ1) is 22.7. The Morgan fingerprint density at radius 1 is 1.28 bits per heavy atom. The third kappa shape index (κ3) is 5.30. The molecule has 0 aliphatic carbocycles. The molecule has 32 heavy (non-hydrogen) atoms. The van der Waals surface area contributed by atoms with E-state index in [4.69, 9.17) is 37.7 Å². The summed E-state index contributed by atoms with van der Waals surface area (Å²) in [7, 11) is 1.36. The SMILES string of the molecule is COC(=O)c1ccc(/C=N/n2c(-c3ccc(Cl)cc3Cl)csc2=NCC2CCCO2)cc1. The van der Waals surface area contributed by atoms with Crippen molar-refractivity contribution in [1.82, 2.24) is 4.68 Å². The number of methoxy groups -OCH3 is 1. The first-order valence-corrected chi connectivity index (χ1v) is 11.7. The van der Waals surface area contributed by atoms with Gasteiger partial charge in [0, 0.05) is 22.6 Å². The molecule has 1 aliphatic rings. The number of rotatable bonds is 6. The minimum atomic E-state index is -0.379. The van der Waals surface area contributed by atoms with E-state index < -0.39 is 0 Å². The molecule has 1 fully saturated rings. The van der Waals surface area contributed by atoms with Crippen molar-refractivity contribution in [3.05, 3.63) is 73.8 Å².